The van der Waals surface area contributed by atoms with E-state index >= 15 is 0 Å². The van der Waals surface area contributed by atoms with E-state index in [-0.39, 0.29) is 17.0 Å². The molecule has 1 saturated heterocycles. The summed E-state index contributed by atoms with van der Waals surface area (Å²) < 4.78 is 14.8. The summed E-state index contributed by atoms with van der Waals surface area (Å²) in [6.45, 7) is 3.48. The van der Waals surface area contributed by atoms with Gasteiger partial charge in [-0.3, -0.25) is 4.79 Å². The van der Waals surface area contributed by atoms with Crippen LogP contribution < -0.4 is 0 Å². The Morgan fingerprint density at radius 2 is 2.14 bits per heavy atom. The number of hydrogen-bond acceptors (Lipinski definition) is 5. The lowest BCUT2D eigenvalue weighted by atomic mass is 10.3. The Bertz CT molecular complexity index is 671. The minimum Gasteiger partial charge on any atom is -0.342 e. The number of halogens is 1. The molecule has 0 unspecified atom stereocenters. The molecule has 3 rings (SSSR count). The van der Waals surface area contributed by atoms with Crippen molar-refractivity contribution in [2.75, 3.05) is 13.1 Å². The third-order valence-corrected chi connectivity index (χ3v) is 4.56. The molecule has 2 heterocycles. The fraction of sp³-hybridized carbons (Fsp3) is 0.429. The van der Waals surface area contributed by atoms with Crippen molar-refractivity contribution in [3.8, 4) is 5.69 Å². The number of amides is 1. The van der Waals surface area contributed by atoms with Crippen molar-refractivity contribution in [3.05, 3.63) is 30.1 Å². The molecule has 0 saturated carbocycles. The lowest BCUT2D eigenvalue weighted by molar-refractivity contribution is -0.129. The lowest BCUT2D eigenvalue weighted by Gasteiger charge is -2.19. The van der Waals surface area contributed by atoms with Crippen LogP contribution in [0.3, 0.4) is 0 Å². The monoisotopic (exact) mass is 321 g/mol. The first kappa shape index (κ1) is 15.0. The summed E-state index contributed by atoms with van der Waals surface area (Å²) in [6.07, 6.45) is 2.12. The lowest BCUT2D eigenvalue weighted by Crippen LogP contribution is -2.34. The van der Waals surface area contributed by atoms with Crippen molar-refractivity contribution in [2.45, 2.75) is 30.2 Å². The quantitative estimate of drug-likeness (QED) is 0.805. The molecule has 1 aliphatic heterocycles. The van der Waals surface area contributed by atoms with E-state index in [0.717, 1.165) is 25.9 Å². The smallest absolute Gasteiger partial charge is 0.235 e. The van der Waals surface area contributed by atoms with Crippen LogP contribution in [0.5, 0.6) is 0 Å². The van der Waals surface area contributed by atoms with Gasteiger partial charge < -0.3 is 4.90 Å². The van der Waals surface area contributed by atoms with Gasteiger partial charge >= 0.3 is 0 Å². The van der Waals surface area contributed by atoms with Crippen molar-refractivity contribution in [2.24, 2.45) is 0 Å². The molecule has 0 radical (unpaired) electrons. The summed E-state index contributed by atoms with van der Waals surface area (Å²) in [5, 5.41) is 11.7. The van der Waals surface area contributed by atoms with E-state index in [4.69, 9.17) is 0 Å². The second-order valence-electron chi connectivity index (χ2n) is 5.15. The van der Waals surface area contributed by atoms with Gasteiger partial charge in [-0.15, -0.1) is 5.10 Å². The van der Waals surface area contributed by atoms with Crippen LogP contribution in [-0.2, 0) is 4.79 Å². The first-order chi connectivity index (χ1) is 10.6. The van der Waals surface area contributed by atoms with E-state index in [1.165, 1.54) is 28.6 Å². The van der Waals surface area contributed by atoms with Crippen LogP contribution in [0, 0.1) is 5.82 Å². The van der Waals surface area contributed by atoms with Crippen LogP contribution in [0.15, 0.2) is 29.4 Å². The van der Waals surface area contributed by atoms with Gasteiger partial charge in [0.15, 0.2) is 0 Å². The van der Waals surface area contributed by atoms with Crippen molar-refractivity contribution < 1.29 is 9.18 Å². The highest BCUT2D eigenvalue weighted by molar-refractivity contribution is 8.00. The van der Waals surface area contributed by atoms with E-state index in [2.05, 4.69) is 15.5 Å². The molecule has 0 aliphatic carbocycles. The number of benzene rings is 1. The van der Waals surface area contributed by atoms with Gasteiger partial charge in [0.25, 0.3) is 0 Å². The number of likely N-dealkylation sites (tertiary alicyclic amines) is 1. The maximum atomic E-state index is 13.3. The number of nitrogens with zero attached hydrogens (tertiary/aromatic N) is 5. The predicted octanol–water partition coefficient (Wildman–Crippen LogP) is 1.90. The molecular weight excluding hydrogens is 305 g/mol. The van der Waals surface area contributed by atoms with Crippen molar-refractivity contribution in [1.82, 2.24) is 25.1 Å². The fourth-order valence-electron chi connectivity index (χ4n) is 2.43. The Morgan fingerprint density at radius 1 is 1.36 bits per heavy atom. The number of carbonyl (C=O) groups excluding carboxylic acids is 1. The second-order valence-corrected chi connectivity index (χ2v) is 6.45. The van der Waals surface area contributed by atoms with E-state index in [0.29, 0.717) is 10.8 Å². The third kappa shape index (κ3) is 3.11. The molecule has 1 aromatic carbocycles. The third-order valence-electron chi connectivity index (χ3n) is 3.54. The molecule has 1 fully saturated rings. The highest BCUT2D eigenvalue weighted by Crippen LogP contribution is 2.25. The van der Waals surface area contributed by atoms with Crippen LogP contribution in [0.4, 0.5) is 4.39 Å². The highest BCUT2D eigenvalue weighted by atomic mass is 32.2. The molecule has 0 bridgehead atoms. The number of aromatic nitrogens is 4. The zero-order chi connectivity index (χ0) is 15.5. The molecule has 1 aliphatic rings. The first-order valence-corrected chi connectivity index (χ1v) is 8.03. The van der Waals surface area contributed by atoms with Crippen LogP contribution in [0.1, 0.15) is 19.8 Å². The SMILES string of the molecule is C[C@H](Sc1nnnn1-c1cccc(F)c1)C(=O)N1CCCC1. The van der Waals surface area contributed by atoms with E-state index in [9.17, 15) is 9.18 Å². The van der Waals surface area contributed by atoms with Crippen molar-refractivity contribution >= 4 is 17.7 Å². The summed E-state index contributed by atoms with van der Waals surface area (Å²) in [5.41, 5.74) is 0.535. The molecule has 0 N–H and O–H groups in total. The zero-order valence-electron chi connectivity index (χ0n) is 12.1. The van der Waals surface area contributed by atoms with Gasteiger partial charge in [0, 0.05) is 13.1 Å². The van der Waals surface area contributed by atoms with Gasteiger partial charge in [-0.05, 0) is 48.4 Å². The van der Waals surface area contributed by atoms with Crippen LogP contribution in [0.25, 0.3) is 5.69 Å². The van der Waals surface area contributed by atoms with Gasteiger partial charge in [0.1, 0.15) is 5.82 Å². The predicted molar refractivity (Wildman–Crippen MR) is 80.2 cm³/mol. The fourth-order valence-corrected chi connectivity index (χ4v) is 3.32. The van der Waals surface area contributed by atoms with E-state index in [1.54, 1.807) is 12.1 Å². The summed E-state index contributed by atoms with van der Waals surface area (Å²) in [5.74, 6) is -0.263. The standard InChI is InChI=1S/C14H16FN5OS/c1-10(13(21)19-7-2-3-8-19)22-14-16-17-18-20(14)12-6-4-5-11(15)9-12/h4-6,9-10H,2-3,7-8H2,1H3/t10-/m0/s1. The molecule has 2 aromatic rings. The summed E-state index contributed by atoms with van der Waals surface area (Å²) in [7, 11) is 0. The van der Waals surface area contributed by atoms with Gasteiger partial charge in [-0.2, -0.15) is 4.68 Å². The average molecular weight is 321 g/mol. The second kappa shape index (κ2) is 6.43. The molecule has 1 aromatic heterocycles. The Kier molecular flexibility index (Phi) is 4.37. The first-order valence-electron chi connectivity index (χ1n) is 7.15. The van der Waals surface area contributed by atoms with Crippen LogP contribution in [-0.4, -0.2) is 49.4 Å². The maximum absolute atomic E-state index is 13.3. The summed E-state index contributed by atoms with van der Waals surface area (Å²) >= 11 is 1.29. The average Bonchev–Trinajstić information content (AvgIpc) is 3.18. The molecule has 116 valence electrons. The number of tetrazole rings is 1. The Morgan fingerprint density at radius 3 is 2.86 bits per heavy atom. The molecule has 8 heteroatoms. The maximum Gasteiger partial charge on any atom is 0.235 e. The van der Waals surface area contributed by atoms with Crippen LogP contribution in [0.2, 0.25) is 0 Å². The minimum atomic E-state index is -0.356. The minimum absolute atomic E-state index is 0.0938. The number of carbonyl (C=O) groups is 1. The molecule has 0 spiro atoms. The van der Waals surface area contributed by atoms with Gasteiger partial charge in [0.05, 0.1) is 10.9 Å². The van der Waals surface area contributed by atoms with Gasteiger partial charge in [0.2, 0.25) is 11.1 Å². The van der Waals surface area contributed by atoms with Gasteiger partial charge in [-0.25, -0.2) is 4.39 Å². The Balaban J connectivity index is 1.76. The van der Waals surface area contributed by atoms with Gasteiger partial charge in [-0.1, -0.05) is 17.8 Å². The Labute approximate surface area is 131 Å². The molecule has 1 atom stereocenters. The largest absolute Gasteiger partial charge is 0.342 e. The number of hydrogen-bond donors (Lipinski definition) is 0. The van der Waals surface area contributed by atoms with E-state index in [1.807, 2.05) is 11.8 Å². The summed E-state index contributed by atoms with van der Waals surface area (Å²) in [4.78, 5) is 14.2. The number of thioether (sulfide) groups is 1. The zero-order valence-corrected chi connectivity index (χ0v) is 13.0. The molecular formula is C14H16FN5OS. The van der Waals surface area contributed by atoms with E-state index < -0.39 is 0 Å². The highest BCUT2D eigenvalue weighted by Gasteiger charge is 2.25. The number of rotatable bonds is 4. The molecule has 1 amide bonds. The summed E-state index contributed by atoms with van der Waals surface area (Å²) in [6, 6.07) is 6.03. The van der Waals surface area contributed by atoms with Crippen molar-refractivity contribution in [1.29, 1.82) is 0 Å². The van der Waals surface area contributed by atoms with Crippen LogP contribution >= 0.6 is 11.8 Å². The normalized spacial score (nSPS) is 16.0. The molecule has 22 heavy (non-hydrogen) atoms. The van der Waals surface area contributed by atoms with Crippen molar-refractivity contribution in [3.63, 3.8) is 0 Å². The topological polar surface area (TPSA) is 63.9 Å². The molecule has 6 nitrogen and oxygen atoms in total. The Hall–Kier alpha value is -1.96.